The Morgan fingerprint density at radius 2 is 1.41 bits per heavy atom. The molecule has 0 radical (unpaired) electrons. The van der Waals surface area contributed by atoms with Gasteiger partial charge >= 0.3 is 6.09 Å². The lowest BCUT2D eigenvalue weighted by molar-refractivity contribution is 0.0589. The molecule has 0 bridgehead atoms. The highest BCUT2D eigenvalue weighted by Crippen LogP contribution is 2.19. The Labute approximate surface area is 202 Å². The first-order valence-electron chi connectivity index (χ1n) is 10.8. The van der Waals surface area contributed by atoms with Crippen molar-refractivity contribution < 1.29 is 31.6 Å². The standard InChI is InChI=1S/C25H33NO7S/c1-25(2,3)33-24(27)26(4)22-12-8-20(9-13-22)6-7-21-10-14-23(15-11-21)31-18-16-30-17-19-32-34(5,28)29/h6-15H,16-19H2,1-5H3/b7-6+. The van der Waals surface area contributed by atoms with Crippen molar-refractivity contribution in [2.75, 3.05) is 44.6 Å². The van der Waals surface area contributed by atoms with E-state index >= 15 is 0 Å². The van der Waals surface area contributed by atoms with Gasteiger partial charge in [0.05, 0.1) is 26.1 Å². The van der Waals surface area contributed by atoms with Gasteiger partial charge in [-0.05, 0) is 56.2 Å². The fourth-order valence-corrected chi connectivity index (χ4v) is 3.05. The smallest absolute Gasteiger partial charge is 0.414 e. The molecule has 2 rings (SSSR count). The van der Waals surface area contributed by atoms with Crippen molar-refractivity contribution in [1.29, 1.82) is 0 Å². The van der Waals surface area contributed by atoms with Crippen LogP contribution in [0.4, 0.5) is 10.5 Å². The molecule has 0 unspecified atom stereocenters. The monoisotopic (exact) mass is 491 g/mol. The topological polar surface area (TPSA) is 91.4 Å². The zero-order valence-corrected chi connectivity index (χ0v) is 21.1. The van der Waals surface area contributed by atoms with Crippen molar-refractivity contribution in [2.45, 2.75) is 26.4 Å². The van der Waals surface area contributed by atoms with Crippen LogP contribution in [0.25, 0.3) is 12.2 Å². The van der Waals surface area contributed by atoms with Gasteiger partial charge in [-0.3, -0.25) is 9.08 Å². The molecule has 0 saturated heterocycles. The summed E-state index contributed by atoms with van der Waals surface area (Å²) < 4.78 is 42.5. The maximum atomic E-state index is 12.2. The number of hydrogen-bond donors (Lipinski definition) is 0. The average molecular weight is 492 g/mol. The van der Waals surface area contributed by atoms with Crippen LogP contribution in [0.2, 0.25) is 0 Å². The number of benzene rings is 2. The lowest BCUT2D eigenvalue weighted by Gasteiger charge is -2.24. The van der Waals surface area contributed by atoms with Crippen molar-refractivity contribution in [3.05, 3.63) is 59.7 Å². The van der Waals surface area contributed by atoms with Crippen molar-refractivity contribution in [3.8, 4) is 5.75 Å². The molecule has 0 aromatic heterocycles. The zero-order chi connectivity index (χ0) is 25.2. The predicted molar refractivity (Wildman–Crippen MR) is 134 cm³/mol. The first-order chi connectivity index (χ1) is 15.9. The molecule has 8 nitrogen and oxygen atoms in total. The third-order valence-electron chi connectivity index (χ3n) is 4.32. The summed E-state index contributed by atoms with van der Waals surface area (Å²) in [6, 6.07) is 15.2. The van der Waals surface area contributed by atoms with Crippen LogP contribution in [0.15, 0.2) is 48.5 Å². The molecule has 186 valence electrons. The van der Waals surface area contributed by atoms with Gasteiger partial charge in [0.2, 0.25) is 0 Å². The van der Waals surface area contributed by atoms with E-state index in [-0.39, 0.29) is 13.2 Å². The predicted octanol–water partition coefficient (Wildman–Crippen LogP) is 4.60. The largest absolute Gasteiger partial charge is 0.491 e. The Bertz CT molecular complexity index is 1040. The van der Waals surface area contributed by atoms with Gasteiger partial charge in [0.25, 0.3) is 10.1 Å². The molecular weight excluding hydrogens is 458 g/mol. The molecule has 0 atom stereocenters. The fourth-order valence-electron chi connectivity index (χ4n) is 2.68. The third kappa shape index (κ3) is 10.8. The van der Waals surface area contributed by atoms with Crippen LogP contribution in [0.1, 0.15) is 31.9 Å². The molecule has 0 heterocycles. The molecule has 2 aromatic carbocycles. The lowest BCUT2D eigenvalue weighted by atomic mass is 10.1. The van der Waals surface area contributed by atoms with Crippen molar-refractivity contribution in [1.82, 2.24) is 0 Å². The Morgan fingerprint density at radius 1 is 0.882 bits per heavy atom. The van der Waals surface area contributed by atoms with Gasteiger partial charge < -0.3 is 14.2 Å². The zero-order valence-electron chi connectivity index (χ0n) is 20.3. The molecule has 9 heteroatoms. The number of rotatable bonds is 11. The van der Waals surface area contributed by atoms with Gasteiger partial charge in [-0.25, -0.2) is 4.79 Å². The van der Waals surface area contributed by atoms with Crippen LogP contribution in [0.3, 0.4) is 0 Å². The van der Waals surface area contributed by atoms with Crippen LogP contribution < -0.4 is 9.64 Å². The van der Waals surface area contributed by atoms with E-state index in [2.05, 4.69) is 4.18 Å². The van der Waals surface area contributed by atoms with Crippen LogP contribution in [0, 0.1) is 0 Å². The summed E-state index contributed by atoms with van der Waals surface area (Å²) in [6.07, 6.45) is 4.57. The second-order valence-corrected chi connectivity index (χ2v) is 10.2. The molecular formula is C25H33NO7S. The van der Waals surface area contributed by atoms with Crippen LogP contribution in [-0.2, 0) is 23.8 Å². The van der Waals surface area contributed by atoms with E-state index in [1.165, 1.54) is 4.90 Å². The first-order valence-corrected chi connectivity index (χ1v) is 12.6. The minimum absolute atomic E-state index is 0.0109. The van der Waals surface area contributed by atoms with E-state index < -0.39 is 21.8 Å². The highest BCUT2D eigenvalue weighted by Gasteiger charge is 2.20. The molecule has 0 aliphatic heterocycles. The first kappa shape index (κ1) is 27.4. The Kier molecular flexibility index (Phi) is 10.1. The minimum atomic E-state index is -3.44. The number of carbonyl (C=O) groups is 1. The average Bonchev–Trinajstić information content (AvgIpc) is 2.76. The SMILES string of the molecule is CN(C(=O)OC(C)(C)C)c1ccc(/C=C/c2ccc(OCCOCCOS(C)(=O)=O)cc2)cc1. The molecule has 0 N–H and O–H groups in total. The summed E-state index contributed by atoms with van der Waals surface area (Å²) in [7, 11) is -1.75. The summed E-state index contributed by atoms with van der Waals surface area (Å²) >= 11 is 0. The number of carbonyl (C=O) groups excluding carboxylic acids is 1. The van der Waals surface area contributed by atoms with Gasteiger partial charge in [0, 0.05) is 12.7 Å². The summed E-state index contributed by atoms with van der Waals surface area (Å²) in [5, 5.41) is 0. The van der Waals surface area contributed by atoms with Gasteiger partial charge in [-0.1, -0.05) is 36.4 Å². The number of hydrogen-bond acceptors (Lipinski definition) is 7. The van der Waals surface area contributed by atoms with E-state index in [4.69, 9.17) is 14.2 Å². The van der Waals surface area contributed by atoms with Crippen molar-refractivity contribution >= 4 is 34.1 Å². The van der Waals surface area contributed by atoms with Gasteiger partial charge in [0.1, 0.15) is 18.0 Å². The summed E-state index contributed by atoms with van der Waals surface area (Å²) in [4.78, 5) is 13.7. The highest BCUT2D eigenvalue weighted by atomic mass is 32.2. The van der Waals surface area contributed by atoms with Crippen molar-refractivity contribution in [3.63, 3.8) is 0 Å². The molecule has 2 aromatic rings. The van der Waals surface area contributed by atoms with E-state index in [0.29, 0.717) is 19.0 Å². The van der Waals surface area contributed by atoms with Crippen LogP contribution in [0.5, 0.6) is 5.75 Å². The third-order valence-corrected chi connectivity index (χ3v) is 4.91. The summed E-state index contributed by atoms with van der Waals surface area (Å²) in [5.41, 5.74) is 2.22. The molecule has 0 saturated carbocycles. The second-order valence-electron chi connectivity index (χ2n) is 8.52. The maximum absolute atomic E-state index is 12.2. The molecule has 0 spiro atoms. The lowest BCUT2D eigenvalue weighted by Crippen LogP contribution is -2.34. The quantitative estimate of drug-likeness (QED) is 0.258. The summed E-state index contributed by atoms with van der Waals surface area (Å²) in [6.45, 7) is 6.35. The van der Waals surface area contributed by atoms with E-state index in [9.17, 15) is 13.2 Å². The molecule has 0 aliphatic rings. The minimum Gasteiger partial charge on any atom is -0.491 e. The van der Waals surface area contributed by atoms with Gasteiger partial charge in [0.15, 0.2) is 0 Å². The van der Waals surface area contributed by atoms with Crippen molar-refractivity contribution in [2.24, 2.45) is 0 Å². The van der Waals surface area contributed by atoms with E-state index in [1.54, 1.807) is 7.05 Å². The van der Waals surface area contributed by atoms with E-state index in [1.807, 2.05) is 81.5 Å². The number of nitrogens with zero attached hydrogens (tertiary/aromatic N) is 1. The fraction of sp³-hybridized carbons (Fsp3) is 0.400. The Morgan fingerprint density at radius 3 is 1.94 bits per heavy atom. The molecule has 1 amide bonds. The van der Waals surface area contributed by atoms with Crippen LogP contribution in [-0.4, -0.2) is 59.8 Å². The highest BCUT2D eigenvalue weighted by molar-refractivity contribution is 7.85. The summed E-state index contributed by atoms with van der Waals surface area (Å²) in [5.74, 6) is 0.711. The van der Waals surface area contributed by atoms with Crippen LogP contribution >= 0.6 is 0 Å². The maximum Gasteiger partial charge on any atom is 0.414 e. The Hall–Kier alpha value is -2.88. The van der Waals surface area contributed by atoms with E-state index in [0.717, 1.165) is 23.1 Å². The molecule has 0 aliphatic carbocycles. The Balaban J connectivity index is 1.78. The molecule has 0 fully saturated rings. The normalized spacial score (nSPS) is 12.0. The number of amides is 1. The number of ether oxygens (including phenoxy) is 3. The van der Waals surface area contributed by atoms with Gasteiger partial charge in [-0.15, -0.1) is 0 Å². The molecule has 34 heavy (non-hydrogen) atoms. The number of anilines is 1. The second kappa shape index (κ2) is 12.5. The van der Waals surface area contributed by atoms with Gasteiger partial charge in [-0.2, -0.15) is 8.42 Å².